The zero-order valence-electron chi connectivity index (χ0n) is 15.8. The monoisotopic (exact) mass is 348 g/mol. The van der Waals surface area contributed by atoms with Gasteiger partial charge in [-0.3, -0.25) is 4.90 Å². The lowest BCUT2D eigenvalue weighted by Gasteiger charge is -2.43. The predicted molar refractivity (Wildman–Crippen MR) is 106 cm³/mol. The first-order valence-corrected chi connectivity index (χ1v) is 9.99. The van der Waals surface area contributed by atoms with Crippen LogP contribution in [0.25, 0.3) is 0 Å². The van der Waals surface area contributed by atoms with Gasteiger partial charge in [0.2, 0.25) is 0 Å². The van der Waals surface area contributed by atoms with Gasteiger partial charge in [0.1, 0.15) is 5.75 Å². The van der Waals surface area contributed by atoms with E-state index in [1.807, 2.05) is 0 Å². The minimum absolute atomic E-state index is 0.528. The summed E-state index contributed by atoms with van der Waals surface area (Å²) in [5.41, 5.74) is 5.69. The summed E-state index contributed by atoms with van der Waals surface area (Å²) in [5, 5.41) is 0. The zero-order chi connectivity index (χ0) is 17.7. The van der Waals surface area contributed by atoms with Crippen LogP contribution in [-0.2, 0) is 6.54 Å². The van der Waals surface area contributed by atoms with Crippen molar-refractivity contribution in [3.05, 3.63) is 59.2 Å². The number of fused-ring (bicyclic) bond motifs is 6. The van der Waals surface area contributed by atoms with Crippen LogP contribution in [0.5, 0.6) is 5.75 Å². The molecule has 2 fully saturated rings. The van der Waals surface area contributed by atoms with Crippen molar-refractivity contribution in [3.63, 3.8) is 0 Å². The molecule has 136 valence electrons. The molecule has 0 spiro atoms. The topological polar surface area (TPSA) is 15.7 Å². The van der Waals surface area contributed by atoms with Gasteiger partial charge in [-0.15, -0.1) is 0 Å². The van der Waals surface area contributed by atoms with Crippen LogP contribution in [0.2, 0.25) is 0 Å². The quantitative estimate of drug-likeness (QED) is 0.809. The minimum Gasteiger partial charge on any atom is -0.497 e. The highest BCUT2D eigenvalue weighted by Crippen LogP contribution is 2.52. The van der Waals surface area contributed by atoms with Crippen LogP contribution in [0, 0.1) is 12.8 Å². The molecular weight excluding hydrogens is 320 g/mol. The summed E-state index contributed by atoms with van der Waals surface area (Å²) in [6, 6.07) is 17.0. The number of ether oxygens (including phenoxy) is 1. The Morgan fingerprint density at radius 2 is 1.88 bits per heavy atom. The molecule has 3 aliphatic heterocycles. The van der Waals surface area contributed by atoms with E-state index in [2.05, 4.69) is 59.2 Å². The first-order chi connectivity index (χ1) is 12.7. The highest BCUT2D eigenvalue weighted by atomic mass is 16.5. The van der Waals surface area contributed by atoms with Gasteiger partial charge in [0.05, 0.1) is 7.11 Å². The van der Waals surface area contributed by atoms with Gasteiger partial charge in [-0.05, 0) is 62.1 Å². The zero-order valence-corrected chi connectivity index (χ0v) is 15.8. The van der Waals surface area contributed by atoms with Crippen LogP contribution >= 0.6 is 0 Å². The van der Waals surface area contributed by atoms with Crippen LogP contribution in [0.3, 0.4) is 0 Å². The van der Waals surface area contributed by atoms with Gasteiger partial charge in [0.15, 0.2) is 0 Å². The second-order valence-corrected chi connectivity index (χ2v) is 8.18. The molecular formula is C23H28N2O. The Labute approximate surface area is 156 Å². The van der Waals surface area contributed by atoms with Crippen molar-refractivity contribution in [2.24, 2.45) is 5.92 Å². The van der Waals surface area contributed by atoms with Crippen LogP contribution in [0.1, 0.15) is 42.0 Å². The van der Waals surface area contributed by atoms with Gasteiger partial charge in [0.25, 0.3) is 0 Å². The number of benzene rings is 2. The summed E-state index contributed by atoms with van der Waals surface area (Å²) in [6.45, 7) is 5.62. The molecule has 0 radical (unpaired) electrons. The average Bonchev–Trinajstić information content (AvgIpc) is 3.30. The Kier molecular flexibility index (Phi) is 3.93. The molecule has 0 amide bonds. The molecule has 3 nitrogen and oxygen atoms in total. The summed E-state index contributed by atoms with van der Waals surface area (Å²) in [4.78, 5) is 5.40. The van der Waals surface area contributed by atoms with Crippen molar-refractivity contribution < 1.29 is 4.74 Å². The molecule has 3 heteroatoms. The number of aryl methyl sites for hydroxylation is 1. The van der Waals surface area contributed by atoms with Crippen molar-refractivity contribution in [3.8, 4) is 5.75 Å². The molecule has 0 unspecified atom stereocenters. The second-order valence-electron chi connectivity index (χ2n) is 8.18. The van der Waals surface area contributed by atoms with Gasteiger partial charge < -0.3 is 9.64 Å². The van der Waals surface area contributed by atoms with Crippen molar-refractivity contribution in [2.75, 3.05) is 25.1 Å². The minimum atomic E-state index is 0.528. The van der Waals surface area contributed by atoms with Crippen LogP contribution < -0.4 is 9.64 Å². The Morgan fingerprint density at radius 3 is 2.69 bits per heavy atom. The maximum Gasteiger partial charge on any atom is 0.119 e. The van der Waals surface area contributed by atoms with Crippen LogP contribution in [0.4, 0.5) is 5.69 Å². The highest BCUT2D eigenvalue weighted by molar-refractivity contribution is 5.62. The SMILES string of the molecule is COc1ccc2c(c1)[C@H]1[C@H](CCN1Cc1ccc(C)cc1)[C@H]1CCCN21. The van der Waals surface area contributed by atoms with Crippen LogP contribution in [-0.4, -0.2) is 31.1 Å². The number of hydrogen-bond donors (Lipinski definition) is 0. The third-order valence-electron chi connectivity index (χ3n) is 6.71. The summed E-state index contributed by atoms with van der Waals surface area (Å²) >= 11 is 0. The fraction of sp³-hybridized carbons (Fsp3) is 0.478. The van der Waals surface area contributed by atoms with E-state index < -0.39 is 0 Å². The smallest absolute Gasteiger partial charge is 0.119 e. The van der Waals surface area contributed by atoms with E-state index in [9.17, 15) is 0 Å². The van der Waals surface area contributed by atoms with Crippen molar-refractivity contribution >= 4 is 5.69 Å². The third kappa shape index (κ3) is 2.52. The number of likely N-dealkylation sites (tertiary alicyclic amines) is 1. The summed E-state index contributed by atoms with van der Waals surface area (Å²) in [5.74, 6) is 1.74. The van der Waals surface area contributed by atoms with Crippen molar-refractivity contribution in [1.29, 1.82) is 0 Å². The molecule has 3 aliphatic rings. The fourth-order valence-corrected chi connectivity index (χ4v) is 5.51. The molecule has 0 aromatic heterocycles. The number of rotatable bonds is 3. The summed E-state index contributed by atoms with van der Waals surface area (Å²) < 4.78 is 5.57. The number of nitrogens with zero attached hydrogens (tertiary/aromatic N) is 2. The molecule has 0 bridgehead atoms. The van der Waals surface area contributed by atoms with E-state index in [0.29, 0.717) is 6.04 Å². The lowest BCUT2D eigenvalue weighted by molar-refractivity contribution is 0.199. The summed E-state index contributed by atoms with van der Waals surface area (Å²) in [6.07, 6.45) is 4.00. The van der Waals surface area contributed by atoms with E-state index in [0.717, 1.165) is 24.3 Å². The molecule has 26 heavy (non-hydrogen) atoms. The number of hydrogen-bond acceptors (Lipinski definition) is 3. The van der Waals surface area contributed by atoms with Crippen molar-refractivity contribution in [2.45, 2.75) is 44.8 Å². The molecule has 0 N–H and O–H groups in total. The number of methoxy groups -OCH3 is 1. The Balaban J connectivity index is 1.52. The first kappa shape index (κ1) is 16.2. The molecule has 5 rings (SSSR count). The van der Waals surface area contributed by atoms with E-state index in [1.54, 1.807) is 7.11 Å². The standard InChI is InChI=1S/C23H28N2O/c1-16-5-7-17(8-6-16)15-24-13-11-19-21-4-3-12-25(21)22-10-9-18(26-2)14-20(22)23(19)24/h5-10,14,19,21,23H,3-4,11-13,15H2,1-2H3/t19-,21-,23-/m1/s1. The molecule has 2 saturated heterocycles. The molecule has 2 aromatic carbocycles. The van der Waals surface area contributed by atoms with Gasteiger partial charge in [-0.25, -0.2) is 0 Å². The first-order valence-electron chi connectivity index (χ1n) is 9.99. The normalized spacial score (nSPS) is 27.2. The maximum absolute atomic E-state index is 5.57. The Bertz CT molecular complexity index is 800. The lowest BCUT2D eigenvalue weighted by atomic mass is 9.81. The highest BCUT2D eigenvalue weighted by Gasteiger charge is 2.48. The summed E-state index contributed by atoms with van der Waals surface area (Å²) in [7, 11) is 1.78. The molecule has 0 aliphatic carbocycles. The maximum atomic E-state index is 5.57. The number of anilines is 1. The molecule has 0 saturated carbocycles. The van der Waals surface area contributed by atoms with Gasteiger partial charge in [-0.1, -0.05) is 29.8 Å². The Morgan fingerprint density at radius 1 is 1.04 bits per heavy atom. The molecule has 3 atom stereocenters. The van der Waals surface area contributed by atoms with E-state index in [4.69, 9.17) is 4.74 Å². The van der Waals surface area contributed by atoms with Crippen molar-refractivity contribution in [1.82, 2.24) is 4.90 Å². The lowest BCUT2D eigenvalue weighted by Crippen LogP contribution is -2.43. The van der Waals surface area contributed by atoms with E-state index >= 15 is 0 Å². The Hall–Kier alpha value is -2.00. The second kappa shape index (κ2) is 6.31. The predicted octanol–water partition coefficient (Wildman–Crippen LogP) is 4.55. The fourth-order valence-electron chi connectivity index (χ4n) is 5.51. The third-order valence-corrected chi connectivity index (χ3v) is 6.71. The van der Waals surface area contributed by atoms with Gasteiger partial charge in [-0.2, -0.15) is 0 Å². The molecule has 2 aromatic rings. The van der Waals surface area contributed by atoms with E-state index in [-0.39, 0.29) is 0 Å². The molecule has 3 heterocycles. The van der Waals surface area contributed by atoms with E-state index in [1.165, 1.54) is 54.7 Å². The largest absolute Gasteiger partial charge is 0.497 e. The average molecular weight is 348 g/mol. The van der Waals surface area contributed by atoms with Crippen LogP contribution in [0.15, 0.2) is 42.5 Å². The van der Waals surface area contributed by atoms with Gasteiger partial charge in [0, 0.05) is 36.8 Å². The van der Waals surface area contributed by atoms with Gasteiger partial charge >= 0.3 is 0 Å².